The lowest BCUT2D eigenvalue weighted by Crippen LogP contribution is -2.30. The molecule has 0 radical (unpaired) electrons. The molecule has 0 saturated carbocycles. The SMILES string of the molecule is C=CC(=O)OCCNC(=O)OCCOC(=O)C(CC(C)C)CC(C)(C)C. The fourth-order valence-corrected chi connectivity index (χ4v) is 2.38. The van der Waals surface area contributed by atoms with Crippen LogP contribution in [0.25, 0.3) is 0 Å². The number of amides is 1. The molecule has 26 heavy (non-hydrogen) atoms. The van der Waals surface area contributed by atoms with Crippen LogP contribution in [0, 0.1) is 17.3 Å². The molecule has 7 nitrogen and oxygen atoms in total. The van der Waals surface area contributed by atoms with Gasteiger partial charge in [0.1, 0.15) is 19.8 Å². The summed E-state index contributed by atoms with van der Waals surface area (Å²) >= 11 is 0. The number of esters is 2. The highest BCUT2D eigenvalue weighted by atomic mass is 16.6. The van der Waals surface area contributed by atoms with Crippen molar-refractivity contribution in [2.24, 2.45) is 17.3 Å². The molecule has 7 heteroatoms. The van der Waals surface area contributed by atoms with Crippen molar-refractivity contribution in [3.63, 3.8) is 0 Å². The highest BCUT2D eigenvalue weighted by Gasteiger charge is 2.26. The first kappa shape index (κ1) is 23.9. The van der Waals surface area contributed by atoms with Gasteiger partial charge in [-0.05, 0) is 24.2 Å². The lowest BCUT2D eigenvalue weighted by molar-refractivity contribution is -0.151. The molecule has 0 heterocycles. The van der Waals surface area contributed by atoms with Crippen LogP contribution in [-0.2, 0) is 23.8 Å². The Morgan fingerprint density at radius 1 is 1.04 bits per heavy atom. The first-order valence-corrected chi connectivity index (χ1v) is 8.91. The van der Waals surface area contributed by atoms with Crippen molar-refractivity contribution in [1.82, 2.24) is 5.32 Å². The Balaban J connectivity index is 4.04. The van der Waals surface area contributed by atoms with Gasteiger partial charge in [-0.15, -0.1) is 0 Å². The Labute approximate surface area is 156 Å². The predicted octanol–water partition coefficient (Wildman–Crippen LogP) is 3.08. The molecule has 0 fully saturated rings. The summed E-state index contributed by atoms with van der Waals surface area (Å²) in [5, 5.41) is 2.42. The van der Waals surface area contributed by atoms with Crippen molar-refractivity contribution in [2.45, 2.75) is 47.5 Å². The van der Waals surface area contributed by atoms with E-state index in [1.165, 1.54) is 0 Å². The van der Waals surface area contributed by atoms with Crippen LogP contribution in [0.3, 0.4) is 0 Å². The summed E-state index contributed by atoms with van der Waals surface area (Å²) in [5.41, 5.74) is 0.0318. The van der Waals surface area contributed by atoms with Crippen molar-refractivity contribution in [1.29, 1.82) is 0 Å². The van der Waals surface area contributed by atoms with Crippen LogP contribution in [-0.4, -0.2) is 44.4 Å². The van der Waals surface area contributed by atoms with Gasteiger partial charge in [-0.1, -0.05) is 41.2 Å². The van der Waals surface area contributed by atoms with Gasteiger partial charge in [-0.3, -0.25) is 4.79 Å². The molecule has 150 valence electrons. The maximum atomic E-state index is 12.3. The Hall–Kier alpha value is -2.05. The third-order valence-electron chi connectivity index (χ3n) is 3.29. The number of hydrogen-bond donors (Lipinski definition) is 1. The minimum atomic E-state index is -0.663. The molecule has 0 aromatic heterocycles. The van der Waals surface area contributed by atoms with Crippen molar-refractivity contribution >= 4 is 18.0 Å². The smallest absolute Gasteiger partial charge is 0.407 e. The second kappa shape index (κ2) is 12.3. The molecule has 0 bridgehead atoms. The lowest BCUT2D eigenvalue weighted by atomic mass is 9.81. The van der Waals surface area contributed by atoms with Gasteiger partial charge < -0.3 is 19.5 Å². The second-order valence-electron chi connectivity index (χ2n) is 7.69. The van der Waals surface area contributed by atoms with E-state index in [1.54, 1.807) is 0 Å². The number of alkyl carbamates (subject to hydrolysis) is 1. The summed E-state index contributed by atoms with van der Waals surface area (Å²) in [5.74, 6) is -0.581. The monoisotopic (exact) mass is 371 g/mol. The maximum Gasteiger partial charge on any atom is 0.407 e. The fourth-order valence-electron chi connectivity index (χ4n) is 2.38. The van der Waals surface area contributed by atoms with Gasteiger partial charge >= 0.3 is 18.0 Å². The Morgan fingerprint density at radius 3 is 2.19 bits per heavy atom. The van der Waals surface area contributed by atoms with E-state index in [4.69, 9.17) is 14.2 Å². The van der Waals surface area contributed by atoms with E-state index in [9.17, 15) is 14.4 Å². The van der Waals surface area contributed by atoms with Gasteiger partial charge in [-0.25, -0.2) is 9.59 Å². The molecular weight excluding hydrogens is 338 g/mol. The van der Waals surface area contributed by atoms with Crippen molar-refractivity contribution in [2.75, 3.05) is 26.4 Å². The summed E-state index contributed by atoms with van der Waals surface area (Å²) in [7, 11) is 0. The predicted molar refractivity (Wildman–Crippen MR) is 98.5 cm³/mol. The quantitative estimate of drug-likeness (QED) is 0.260. The maximum absolute atomic E-state index is 12.3. The average Bonchev–Trinajstić information content (AvgIpc) is 2.52. The second-order valence-corrected chi connectivity index (χ2v) is 7.69. The first-order chi connectivity index (χ1) is 12.0. The van der Waals surface area contributed by atoms with Crippen LogP contribution in [0.2, 0.25) is 0 Å². The molecule has 0 rings (SSSR count). The molecule has 0 aliphatic rings. The van der Waals surface area contributed by atoms with E-state index in [2.05, 4.69) is 46.5 Å². The van der Waals surface area contributed by atoms with Gasteiger partial charge in [0, 0.05) is 6.08 Å². The summed E-state index contributed by atoms with van der Waals surface area (Å²) < 4.78 is 14.8. The number of carbonyl (C=O) groups excluding carboxylic acids is 3. The largest absolute Gasteiger partial charge is 0.462 e. The van der Waals surface area contributed by atoms with Crippen LogP contribution >= 0.6 is 0 Å². The van der Waals surface area contributed by atoms with E-state index in [1.807, 2.05) is 0 Å². The third-order valence-corrected chi connectivity index (χ3v) is 3.29. The molecular formula is C19H33NO6. The summed E-state index contributed by atoms with van der Waals surface area (Å²) in [6.07, 6.45) is 1.89. The van der Waals surface area contributed by atoms with Crippen molar-refractivity contribution < 1.29 is 28.6 Å². The van der Waals surface area contributed by atoms with Gasteiger partial charge in [0.2, 0.25) is 0 Å². The Morgan fingerprint density at radius 2 is 1.65 bits per heavy atom. The molecule has 0 spiro atoms. The molecule has 0 aliphatic carbocycles. The molecule has 0 aromatic rings. The summed E-state index contributed by atoms with van der Waals surface area (Å²) in [4.78, 5) is 34.5. The number of carbonyl (C=O) groups is 3. The summed E-state index contributed by atoms with van der Waals surface area (Å²) in [6, 6.07) is 0. The van der Waals surface area contributed by atoms with Gasteiger partial charge in [0.05, 0.1) is 12.5 Å². The highest BCUT2D eigenvalue weighted by Crippen LogP contribution is 2.29. The minimum Gasteiger partial charge on any atom is -0.462 e. The third kappa shape index (κ3) is 13.3. The standard InChI is InChI=1S/C19H33NO6/c1-7-16(21)24-9-8-20-18(23)26-11-10-25-17(22)15(12-14(2)3)13-19(4,5)6/h7,14-15H,1,8-13H2,2-6H3,(H,20,23). The molecule has 1 amide bonds. The normalized spacial score (nSPS) is 12.2. The van der Waals surface area contributed by atoms with Crippen LogP contribution in [0.15, 0.2) is 12.7 Å². The fraction of sp³-hybridized carbons (Fsp3) is 0.737. The Bertz CT molecular complexity index is 467. The van der Waals surface area contributed by atoms with Crippen molar-refractivity contribution in [3.05, 3.63) is 12.7 Å². The molecule has 1 N–H and O–H groups in total. The minimum absolute atomic E-state index is 0.0104. The number of ether oxygens (including phenoxy) is 3. The number of nitrogens with one attached hydrogen (secondary N) is 1. The van der Waals surface area contributed by atoms with E-state index < -0.39 is 12.1 Å². The van der Waals surface area contributed by atoms with Crippen molar-refractivity contribution in [3.8, 4) is 0 Å². The Kier molecular flexibility index (Phi) is 11.4. The van der Waals surface area contributed by atoms with Crippen LogP contribution < -0.4 is 5.32 Å². The molecule has 1 atom stereocenters. The van der Waals surface area contributed by atoms with Crippen LogP contribution in [0.5, 0.6) is 0 Å². The van der Waals surface area contributed by atoms with E-state index in [0.29, 0.717) is 5.92 Å². The van der Waals surface area contributed by atoms with Crippen LogP contribution in [0.4, 0.5) is 4.79 Å². The van der Waals surface area contributed by atoms with Gasteiger partial charge in [0.15, 0.2) is 0 Å². The zero-order valence-electron chi connectivity index (χ0n) is 16.6. The zero-order chi connectivity index (χ0) is 20.2. The molecule has 0 saturated heterocycles. The molecule has 1 unspecified atom stereocenters. The summed E-state index contributed by atoms with van der Waals surface area (Å²) in [6.45, 7) is 13.8. The average molecular weight is 371 g/mol. The van der Waals surface area contributed by atoms with E-state index >= 15 is 0 Å². The molecule has 0 aliphatic heterocycles. The van der Waals surface area contributed by atoms with Gasteiger partial charge in [-0.2, -0.15) is 0 Å². The molecule has 0 aromatic carbocycles. The number of rotatable bonds is 11. The van der Waals surface area contributed by atoms with Gasteiger partial charge in [0.25, 0.3) is 0 Å². The van der Waals surface area contributed by atoms with E-state index in [-0.39, 0.29) is 43.7 Å². The zero-order valence-corrected chi connectivity index (χ0v) is 16.6. The lowest BCUT2D eigenvalue weighted by Gasteiger charge is -2.25. The number of hydrogen-bond acceptors (Lipinski definition) is 6. The topological polar surface area (TPSA) is 90.9 Å². The van der Waals surface area contributed by atoms with E-state index in [0.717, 1.165) is 18.9 Å². The first-order valence-electron chi connectivity index (χ1n) is 8.91. The van der Waals surface area contributed by atoms with Crippen LogP contribution in [0.1, 0.15) is 47.5 Å². The highest BCUT2D eigenvalue weighted by molar-refractivity contribution is 5.81.